The van der Waals surface area contributed by atoms with Crippen LogP contribution in [-0.4, -0.2) is 38.9 Å². The molecule has 1 saturated heterocycles. The van der Waals surface area contributed by atoms with Gasteiger partial charge in [0.2, 0.25) is 0 Å². The summed E-state index contributed by atoms with van der Waals surface area (Å²) in [6.45, 7) is 0.846. The van der Waals surface area contributed by atoms with Gasteiger partial charge >= 0.3 is 12.1 Å². The molecule has 0 spiro atoms. The lowest BCUT2D eigenvalue weighted by Crippen LogP contribution is -2.47. The van der Waals surface area contributed by atoms with E-state index in [2.05, 4.69) is 5.32 Å². The van der Waals surface area contributed by atoms with E-state index < -0.39 is 17.7 Å². The summed E-state index contributed by atoms with van der Waals surface area (Å²) in [5.41, 5.74) is -1.85. The van der Waals surface area contributed by atoms with Crippen molar-refractivity contribution in [2.45, 2.75) is 36.7 Å². The maximum atomic E-state index is 14.8. The molecular formula is C28H27F3N2O3. The quantitative estimate of drug-likeness (QED) is 0.466. The average Bonchev–Trinajstić information content (AvgIpc) is 3.21. The third kappa shape index (κ3) is 3.80. The number of hydrogen-bond donors (Lipinski definition) is 1. The minimum absolute atomic E-state index is 0.0257. The molecule has 1 unspecified atom stereocenters. The summed E-state index contributed by atoms with van der Waals surface area (Å²) in [5, 5.41) is 3.56. The highest BCUT2D eigenvalue weighted by atomic mass is 19.4. The van der Waals surface area contributed by atoms with E-state index in [0.717, 1.165) is 24.9 Å². The molecule has 0 aromatic heterocycles. The minimum Gasteiger partial charge on any atom is -0.495 e. The van der Waals surface area contributed by atoms with Crippen LogP contribution < -0.4 is 15.0 Å². The first kappa shape index (κ1) is 24.2. The molecule has 5 rings (SSSR count). The molecule has 2 heterocycles. The van der Waals surface area contributed by atoms with Crippen molar-refractivity contribution in [3.63, 3.8) is 0 Å². The SMILES string of the molecule is COc1cc2c(cc1N(C)[C@H]1CCCN[C@H]1c1ccccc1)C(c1ccccc1)(C(F)(F)F)OC2=O. The molecular weight excluding hydrogens is 469 g/mol. The first-order valence-corrected chi connectivity index (χ1v) is 11.9. The molecule has 8 heteroatoms. The number of cyclic esters (lactones) is 1. The van der Waals surface area contributed by atoms with Gasteiger partial charge in [0.05, 0.1) is 24.4 Å². The molecule has 3 aromatic carbocycles. The second-order valence-electron chi connectivity index (χ2n) is 9.17. The Kier molecular flexibility index (Phi) is 6.16. The molecule has 0 radical (unpaired) electrons. The molecule has 36 heavy (non-hydrogen) atoms. The van der Waals surface area contributed by atoms with Gasteiger partial charge in [0, 0.05) is 24.2 Å². The van der Waals surface area contributed by atoms with E-state index in [1.165, 1.54) is 43.5 Å². The molecule has 1 N–H and O–H groups in total. The summed E-state index contributed by atoms with van der Waals surface area (Å²) in [6.07, 6.45) is -3.12. The number of rotatable bonds is 5. The molecule has 0 bridgehead atoms. The molecule has 0 aliphatic carbocycles. The molecule has 2 aliphatic heterocycles. The fraction of sp³-hybridized carbons (Fsp3) is 0.321. The van der Waals surface area contributed by atoms with E-state index >= 15 is 0 Å². The zero-order valence-electron chi connectivity index (χ0n) is 20.0. The van der Waals surface area contributed by atoms with E-state index in [1.54, 1.807) is 6.07 Å². The van der Waals surface area contributed by atoms with Crippen molar-refractivity contribution < 1.29 is 27.4 Å². The number of likely N-dealkylation sites (N-methyl/N-ethyl adjacent to an activating group) is 1. The van der Waals surface area contributed by atoms with Gasteiger partial charge in [-0.25, -0.2) is 4.79 Å². The molecule has 5 nitrogen and oxygen atoms in total. The zero-order valence-corrected chi connectivity index (χ0v) is 20.0. The first-order valence-electron chi connectivity index (χ1n) is 11.9. The van der Waals surface area contributed by atoms with Crippen molar-refractivity contribution in [3.8, 4) is 5.75 Å². The van der Waals surface area contributed by atoms with Crippen molar-refractivity contribution >= 4 is 11.7 Å². The van der Waals surface area contributed by atoms with Gasteiger partial charge < -0.3 is 19.7 Å². The normalized spacial score (nSPS) is 23.6. The van der Waals surface area contributed by atoms with Crippen molar-refractivity contribution in [1.29, 1.82) is 0 Å². The van der Waals surface area contributed by atoms with Gasteiger partial charge in [0.25, 0.3) is 5.60 Å². The first-order chi connectivity index (χ1) is 17.3. The lowest BCUT2D eigenvalue weighted by Gasteiger charge is -2.41. The number of hydrogen-bond acceptors (Lipinski definition) is 5. The summed E-state index contributed by atoms with van der Waals surface area (Å²) in [7, 11) is 3.30. The number of anilines is 1. The van der Waals surface area contributed by atoms with Gasteiger partial charge in [0.15, 0.2) is 0 Å². The van der Waals surface area contributed by atoms with Crippen LogP contribution in [0.1, 0.15) is 45.9 Å². The Bertz CT molecular complexity index is 1250. The maximum Gasteiger partial charge on any atom is 0.437 e. The van der Waals surface area contributed by atoms with E-state index in [-0.39, 0.29) is 28.8 Å². The number of carbonyl (C=O) groups is 1. The van der Waals surface area contributed by atoms with Gasteiger partial charge in [-0.3, -0.25) is 0 Å². The van der Waals surface area contributed by atoms with Crippen LogP contribution in [0, 0.1) is 0 Å². The predicted molar refractivity (Wildman–Crippen MR) is 130 cm³/mol. The largest absolute Gasteiger partial charge is 0.495 e. The van der Waals surface area contributed by atoms with Crippen LogP contribution >= 0.6 is 0 Å². The Morgan fingerprint density at radius 2 is 1.72 bits per heavy atom. The lowest BCUT2D eigenvalue weighted by atomic mass is 9.84. The lowest BCUT2D eigenvalue weighted by molar-refractivity contribution is -0.243. The number of piperidine rings is 1. The summed E-state index contributed by atoms with van der Waals surface area (Å²) < 4.78 is 55.1. The second kappa shape index (κ2) is 9.17. The zero-order chi connectivity index (χ0) is 25.5. The molecule has 1 fully saturated rings. The van der Waals surface area contributed by atoms with Crippen LogP contribution in [0.25, 0.3) is 0 Å². The van der Waals surface area contributed by atoms with Crippen molar-refractivity contribution in [2.24, 2.45) is 0 Å². The van der Waals surface area contributed by atoms with E-state index in [9.17, 15) is 18.0 Å². The van der Waals surface area contributed by atoms with Crippen LogP contribution in [0.5, 0.6) is 5.75 Å². The average molecular weight is 497 g/mol. The van der Waals surface area contributed by atoms with Crippen molar-refractivity contribution in [2.75, 3.05) is 25.6 Å². The fourth-order valence-electron chi connectivity index (χ4n) is 5.45. The number of ether oxygens (including phenoxy) is 2. The number of fused-ring (bicyclic) bond motifs is 1. The number of benzene rings is 3. The van der Waals surface area contributed by atoms with Crippen LogP contribution in [0.3, 0.4) is 0 Å². The highest BCUT2D eigenvalue weighted by Gasteiger charge is 2.65. The third-order valence-corrected chi connectivity index (χ3v) is 7.21. The van der Waals surface area contributed by atoms with Crippen LogP contribution in [0.15, 0.2) is 72.8 Å². The van der Waals surface area contributed by atoms with E-state index in [0.29, 0.717) is 11.4 Å². The van der Waals surface area contributed by atoms with Crippen LogP contribution in [0.2, 0.25) is 0 Å². The topological polar surface area (TPSA) is 50.8 Å². The van der Waals surface area contributed by atoms with Crippen molar-refractivity contribution in [1.82, 2.24) is 5.32 Å². The number of carbonyl (C=O) groups excluding carboxylic acids is 1. The highest BCUT2D eigenvalue weighted by Crippen LogP contribution is 2.54. The summed E-state index contributed by atoms with van der Waals surface area (Å²) in [4.78, 5) is 14.7. The smallest absolute Gasteiger partial charge is 0.437 e. The number of esters is 1. The Hall–Kier alpha value is -3.52. The van der Waals surface area contributed by atoms with Gasteiger partial charge in [-0.1, -0.05) is 60.7 Å². The van der Waals surface area contributed by atoms with Gasteiger partial charge in [0.1, 0.15) is 5.75 Å². The van der Waals surface area contributed by atoms with Gasteiger partial charge in [-0.05, 0) is 37.1 Å². The number of methoxy groups -OCH3 is 1. The number of nitrogens with zero attached hydrogens (tertiary/aromatic N) is 1. The molecule has 0 amide bonds. The Morgan fingerprint density at radius 1 is 1.06 bits per heavy atom. The van der Waals surface area contributed by atoms with Crippen molar-refractivity contribution in [3.05, 3.63) is 95.1 Å². The molecule has 0 saturated carbocycles. The Balaban J connectivity index is 1.66. The fourth-order valence-corrected chi connectivity index (χ4v) is 5.45. The Morgan fingerprint density at radius 3 is 2.36 bits per heavy atom. The predicted octanol–water partition coefficient (Wildman–Crippen LogP) is 5.60. The highest BCUT2D eigenvalue weighted by molar-refractivity contribution is 5.97. The standard InChI is InChI=1S/C28H27F3N2O3/c1-33(22-14-9-15-32-25(22)18-10-5-3-6-11-18)23-17-21-20(16-24(23)35-2)26(34)36-27(21,28(29,30)31)19-12-7-4-8-13-19/h3-8,10-13,16-17,22,25,32H,9,14-15H2,1-2H3/t22-,25-,27?/m0/s1. The van der Waals surface area contributed by atoms with Gasteiger partial charge in [-0.15, -0.1) is 0 Å². The number of alkyl halides is 3. The second-order valence-corrected chi connectivity index (χ2v) is 9.17. The summed E-state index contributed by atoms with van der Waals surface area (Å²) in [6, 6.07) is 20.0. The molecule has 3 aromatic rings. The van der Waals surface area contributed by atoms with Gasteiger partial charge in [-0.2, -0.15) is 13.2 Å². The number of halogens is 3. The van der Waals surface area contributed by atoms with E-state index in [1.807, 2.05) is 42.3 Å². The molecule has 188 valence electrons. The molecule has 2 aliphatic rings. The van der Waals surface area contributed by atoms with Crippen LogP contribution in [0.4, 0.5) is 18.9 Å². The van der Waals surface area contributed by atoms with Crippen LogP contribution in [-0.2, 0) is 10.3 Å². The summed E-state index contributed by atoms with van der Waals surface area (Å²) >= 11 is 0. The number of nitrogens with one attached hydrogen (secondary N) is 1. The monoisotopic (exact) mass is 496 g/mol. The third-order valence-electron chi connectivity index (χ3n) is 7.21. The maximum absolute atomic E-state index is 14.8. The molecule has 3 atom stereocenters. The minimum atomic E-state index is -4.88. The Labute approximate surface area is 207 Å². The van der Waals surface area contributed by atoms with E-state index in [4.69, 9.17) is 9.47 Å². The summed E-state index contributed by atoms with van der Waals surface area (Å²) in [5.74, 6) is -0.711.